The molecule has 0 spiro atoms. The van der Waals surface area contributed by atoms with Crippen molar-refractivity contribution in [3.8, 4) is 6.07 Å². The molecular weight excluding hydrogens is 134 g/mol. The predicted octanol–water partition coefficient (Wildman–Crippen LogP) is 2.52. The standard InChI is InChI=1S/C10H10N/c1-2-4-9-5-3-6-10(7-9)8-11/h3-7H,2H2,1H3. The molecule has 1 aromatic rings. The summed E-state index contributed by atoms with van der Waals surface area (Å²) in [4.78, 5) is 0. The summed E-state index contributed by atoms with van der Waals surface area (Å²) in [7, 11) is 0. The molecule has 0 aliphatic carbocycles. The zero-order valence-electron chi connectivity index (χ0n) is 6.54. The molecular formula is C10H10N. The molecule has 0 amide bonds. The van der Waals surface area contributed by atoms with Crippen LogP contribution in [0.3, 0.4) is 0 Å². The van der Waals surface area contributed by atoms with Crippen molar-refractivity contribution < 1.29 is 0 Å². The van der Waals surface area contributed by atoms with E-state index in [-0.39, 0.29) is 0 Å². The van der Waals surface area contributed by atoms with Gasteiger partial charge in [-0.15, -0.1) is 0 Å². The predicted molar refractivity (Wildman–Crippen MR) is 44.9 cm³/mol. The molecule has 55 valence electrons. The third-order valence-electron chi connectivity index (χ3n) is 1.46. The first-order valence-electron chi connectivity index (χ1n) is 3.70. The third-order valence-corrected chi connectivity index (χ3v) is 1.46. The second kappa shape index (κ2) is 3.78. The van der Waals surface area contributed by atoms with E-state index in [0.717, 1.165) is 17.5 Å². The van der Waals surface area contributed by atoms with Crippen molar-refractivity contribution in [1.82, 2.24) is 0 Å². The highest BCUT2D eigenvalue weighted by Crippen LogP contribution is 2.07. The van der Waals surface area contributed by atoms with Crippen LogP contribution in [0, 0.1) is 17.8 Å². The Hall–Kier alpha value is -1.29. The van der Waals surface area contributed by atoms with Crippen molar-refractivity contribution in [1.29, 1.82) is 5.26 Å². The Morgan fingerprint density at radius 3 is 3.00 bits per heavy atom. The van der Waals surface area contributed by atoms with Crippen LogP contribution in [0.1, 0.15) is 24.5 Å². The van der Waals surface area contributed by atoms with Gasteiger partial charge in [-0.2, -0.15) is 5.26 Å². The number of hydrogen-bond acceptors (Lipinski definition) is 1. The molecule has 1 rings (SSSR count). The Kier molecular flexibility index (Phi) is 2.68. The maximum atomic E-state index is 8.57. The van der Waals surface area contributed by atoms with Crippen LogP contribution < -0.4 is 0 Å². The van der Waals surface area contributed by atoms with Gasteiger partial charge < -0.3 is 0 Å². The molecule has 0 bridgehead atoms. The van der Waals surface area contributed by atoms with Gasteiger partial charge in [-0.1, -0.05) is 19.1 Å². The van der Waals surface area contributed by atoms with Crippen molar-refractivity contribution in [3.63, 3.8) is 0 Å². The lowest BCUT2D eigenvalue weighted by Gasteiger charge is -1.96. The zero-order valence-corrected chi connectivity index (χ0v) is 6.54. The average Bonchev–Trinajstić information content (AvgIpc) is 2.06. The number of benzene rings is 1. The van der Waals surface area contributed by atoms with E-state index < -0.39 is 0 Å². The zero-order chi connectivity index (χ0) is 8.10. The van der Waals surface area contributed by atoms with Gasteiger partial charge in [-0.05, 0) is 30.5 Å². The van der Waals surface area contributed by atoms with Crippen LogP contribution >= 0.6 is 0 Å². The second-order valence-corrected chi connectivity index (χ2v) is 2.35. The highest BCUT2D eigenvalue weighted by molar-refractivity contribution is 5.35. The van der Waals surface area contributed by atoms with Gasteiger partial charge in [0.15, 0.2) is 0 Å². The van der Waals surface area contributed by atoms with Crippen LogP contribution in [-0.2, 0) is 0 Å². The van der Waals surface area contributed by atoms with Gasteiger partial charge in [-0.3, -0.25) is 0 Å². The molecule has 0 fully saturated rings. The van der Waals surface area contributed by atoms with Crippen molar-refractivity contribution in [3.05, 3.63) is 41.8 Å². The average molecular weight is 144 g/mol. The van der Waals surface area contributed by atoms with E-state index in [1.165, 1.54) is 0 Å². The van der Waals surface area contributed by atoms with Gasteiger partial charge in [-0.25, -0.2) is 0 Å². The topological polar surface area (TPSA) is 23.8 Å². The molecule has 0 N–H and O–H groups in total. The number of nitriles is 1. The van der Waals surface area contributed by atoms with Crippen LogP contribution in [0.25, 0.3) is 0 Å². The minimum absolute atomic E-state index is 0.729. The molecule has 1 nitrogen and oxygen atoms in total. The molecule has 0 atom stereocenters. The lowest BCUT2D eigenvalue weighted by molar-refractivity contribution is 1.12. The molecule has 0 aromatic heterocycles. The number of hydrogen-bond donors (Lipinski definition) is 0. The van der Waals surface area contributed by atoms with Crippen molar-refractivity contribution >= 4 is 0 Å². The van der Waals surface area contributed by atoms with Crippen LogP contribution in [0.2, 0.25) is 0 Å². The van der Waals surface area contributed by atoms with Gasteiger partial charge in [0.2, 0.25) is 0 Å². The fraction of sp³-hybridized carbons (Fsp3) is 0.200. The first-order chi connectivity index (χ1) is 5.36. The highest BCUT2D eigenvalue weighted by Gasteiger charge is 1.92. The van der Waals surface area contributed by atoms with E-state index in [1.54, 1.807) is 0 Å². The fourth-order valence-electron chi connectivity index (χ4n) is 0.971. The fourth-order valence-corrected chi connectivity index (χ4v) is 0.971. The molecule has 0 saturated heterocycles. The molecule has 0 unspecified atom stereocenters. The minimum atomic E-state index is 0.729. The first-order valence-corrected chi connectivity index (χ1v) is 3.70. The van der Waals surface area contributed by atoms with Gasteiger partial charge in [0.1, 0.15) is 0 Å². The molecule has 1 aromatic carbocycles. The lowest BCUT2D eigenvalue weighted by Crippen LogP contribution is -1.80. The van der Waals surface area contributed by atoms with Gasteiger partial charge in [0, 0.05) is 0 Å². The van der Waals surface area contributed by atoms with Crippen molar-refractivity contribution in [2.45, 2.75) is 13.3 Å². The number of rotatable bonds is 2. The van der Waals surface area contributed by atoms with Gasteiger partial charge in [0.05, 0.1) is 11.6 Å². The van der Waals surface area contributed by atoms with Gasteiger partial charge in [0.25, 0.3) is 0 Å². The molecule has 1 radical (unpaired) electrons. The van der Waals surface area contributed by atoms with E-state index in [9.17, 15) is 0 Å². The summed E-state index contributed by atoms with van der Waals surface area (Å²) in [5, 5.41) is 8.57. The van der Waals surface area contributed by atoms with E-state index in [0.29, 0.717) is 0 Å². The molecule has 0 aliphatic heterocycles. The molecule has 11 heavy (non-hydrogen) atoms. The maximum Gasteiger partial charge on any atom is 0.0991 e. The summed E-state index contributed by atoms with van der Waals surface area (Å²) in [6.45, 7) is 2.08. The van der Waals surface area contributed by atoms with Crippen LogP contribution in [0.5, 0.6) is 0 Å². The van der Waals surface area contributed by atoms with E-state index in [4.69, 9.17) is 5.26 Å². The van der Waals surface area contributed by atoms with Crippen LogP contribution in [-0.4, -0.2) is 0 Å². The monoisotopic (exact) mass is 144 g/mol. The quantitative estimate of drug-likeness (QED) is 0.625. The van der Waals surface area contributed by atoms with E-state index >= 15 is 0 Å². The third kappa shape index (κ3) is 2.09. The van der Waals surface area contributed by atoms with Gasteiger partial charge >= 0.3 is 0 Å². The summed E-state index contributed by atoms with van der Waals surface area (Å²) in [6.07, 6.45) is 3.11. The summed E-state index contributed by atoms with van der Waals surface area (Å²) < 4.78 is 0. The smallest absolute Gasteiger partial charge is 0.0991 e. The summed E-state index contributed by atoms with van der Waals surface area (Å²) in [5.41, 5.74) is 1.86. The normalized spacial score (nSPS) is 9.09. The molecule has 1 heteroatoms. The van der Waals surface area contributed by atoms with Crippen LogP contribution in [0.15, 0.2) is 24.3 Å². The highest BCUT2D eigenvalue weighted by atomic mass is 14.2. The summed E-state index contributed by atoms with van der Waals surface area (Å²) in [5.74, 6) is 0. The largest absolute Gasteiger partial charge is 0.192 e. The summed E-state index contributed by atoms with van der Waals surface area (Å²) >= 11 is 0. The number of nitrogens with zero attached hydrogens (tertiary/aromatic N) is 1. The maximum absolute atomic E-state index is 8.57. The van der Waals surface area contributed by atoms with Crippen molar-refractivity contribution in [2.75, 3.05) is 0 Å². The molecule has 0 saturated carbocycles. The first kappa shape index (κ1) is 7.81. The van der Waals surface area contributed by atoms with E-state index in [1.807, 2.05) is 24.3 Å². The Morgan fingerprint density at radius 1 is 1.55 bits per heavy atom. The Bertz CT molecular complexity index is 270. The lowest BCUT2D eigenvalue weighted by atomic mass is 10.1. The summed E-state index contributed by atoms with van der Waals surface area (Å²) in [6, 6.07) is 9.72. The second-order valence-electron chi connectivity index (χ2n) is 2.35. The Morgan fingerprint density at radius 2 is 2.36 bits per heavy atom. The van der Waals surface area contributed by atoms with Crippen molar-refractivity contribution in [2.24, 2.45) is 0 Å². The minimum Gasteiger partial charge on any atom is -0.192 e. The van der Waals surface area contributed by atoms with Crippen LogP contribution in [0.4, 0.5) is 0 Å². The Labute approximate surface area is 67.3 Å². The molecule has 0 heterocycles. The molecule has 0 aliphatic rings. The van der Waals surface area contributed by atoms with E-state index in [2.05, 4.69) is 19.4 Å². The Balaban J connectivity index is 2.85. The SMILES string of the molecule is CC[CH]c1cccc(C#N)c1.